The van der Waals surface area contributed by atoms with Gasteiger partial charge in [0.25, 0.3) is 10.0 Å². The summed E-state index contributed by atoms with van der Waals surface area (Å²) in [7, 11) is -3.63. The van der Waals surface area contributed by atoms with Gasteiger partial charge in [-0.2, -0.15) is 0 Å². The van der Waals surface area contributed by atoms with Gasteiger partial charge in [-0.25, -0.2) is 13.4 Å². The molecule has 2 heterocycles. The Bertz CT molecular complexity index is 1270. The number of anilines is 1. The number of fused-ring (bicyclic) bond motifs is 1. The molecule has 0 spiro atoms. The number of aryl methyl sites for hydroxylation is 3. The maximum absolute atomic E-state index is 12.6. The Labute approximate surface area is 164 Å². The van der Waals surface area contributed by atoms with Crippen LogP contribution in [-0.2, 0) is 10.0 Å². The van der Waals surface area contributed by atoms with E-state index in [2.05, 4.69) is 9.71 Å². The molecular weight excluding hydrogens is 370 g/mol. The molecule has 6 heteroatoms. The molecule has 4 aromatic rings. The first kappa shape index (κ1) is 18.3. The van der Waals surface area contributed by atoms with E-state index in [4.69, 9.17) is 0 Å². The first-order chi connectivity index (χ1) is 13.3. The monoisotopic (exact) mass is 391 g/mol. The highest BCUT2D eigenvalue weighted by molar-refractivity contribution is 7.92. The van der Waals surface area contributed by atoms with Crippen LogP contribution in [0.25, 0.3) is 16.9 Å². The summed E-state index contributed by atoms with van der Waals surface area (Å²) in [5, 5.41) is 0. The molecule has 2 aromatic carbocycles. The van der Waals surface area contributed by atoms with E-state index in [1.807, 2.05) is 67.9 Å². The highest BCUT2D eigenvalue weighted by Crippen LogP contribution is 2.24. The molecule has 0 fully saturated rings. The summed E-state index contributed by atoms with van der Waals surface area (Å²) >= 11 is 0. The Morgan fingerprint density at radius 1 is 0.893 bits per heavy atom. The third-order valence-corrected chi connectivity index (χ3v) is 6.28. The Kier molecular flexibility index (Phi) is 4.43. The van der Waals surface area contributed by atoms with Crippen molar-refractivity contribution >= 4 is 21.4 Å². The van der Waals surface area contributed by atoms with Gasteiger partial charge in [-0.1, -0.05) is 24.3 Å². The number of hydrogen-bond donors (Lipinski definition) is 1. The largest absolute Gasteiger partial charge is 0.306 e. The van der Waals surface area contributed by atoms with Gasteiger partial charge in [0.05, 0.1) is 10.6 Å². The van der Waals surface area contributed by atoms with Crippen LogP contribution in [0.1, 0.15) is 16.7 Å². The summed E-state index contributed by atoms with van der Waals surface area (Å²) < 4.78 is 29.9. The zero-order chi connectivity index (χ0) is 19.9. The fraction of sp³-hybridized carbons (Fsp3) is 0.136. The van der Waals surface area contributed by atoms with E-state index >= 15 is 0 Å². The van der Waals surface area contributed by atoms with Gasteiger partial charge in [-0.15, -0.1) is 0 Å². The van der Waals surface area contributed by atoms with Gasteiger partial charge < -0.3 is 4.40 Å². The van der Waals surface area contributed by atoms with Crippen molar-refractivity contribution < 1.29 is 8.42 Å². The van der Waals surface area contributed by atoms with E-state index in [1.165, 1.54) is 0 Å². The van der Waals surface area contributed by atoms with Gasteiger partial charge in [0.15, 0.2) is 0 Å². The summed E-state index contributed by atoms with van der Waals surface area (Å²) in [4.78, 5) is 4.94. The summed E-state index contributed by atoms with van der Waals surface area (Å²) in [6.07, 6.45) is 3.93. The topological polar surface area (TPSA) is 63.5 Å². The first-order valence-electron chi connectivity index (χ1n) is 8.98. The predicted octanol–water partition coefficient (Wildman–Crippen LogP) is 4.73. The van der Waals surface area contributed by atoms with E-state index in [1.54, 1.807) is 24.3 Å². The van der Waals surface area contributed by atoms with Gasteiger partial charge >= 0.3 is 0 Å². The maximum Gasteiger partial charge on any atom is 0.261 e. The minimum Gasteiger partial charge on any atom is -0.306 e. The van der Waals surface area contributed by atoms with Crippen LogP contribution in [0, 0.1) is 20.8 Å². The minimum atomic E-state index is -3.63. The molecular formula is C22H21N3O2S. The van der Waals surface area contributed by atoms with Gasteiger partial charge in [-0.3, -0.25) is 4.72 Å². The second-order valence-corrected chi connectivity index (χ2v) is 8.66. The highest BCUT2D eigenvalue weighted by atomic mass is 32.2. The molecule has 142 valence electrons. The van der Waals surface area contributed by atoms with Crippen molar-refractivity contribution in [3.63, 3.8) is 0 Å². The lowest BCUT2D eigenvalue weighted by molar-refractivity contribution is 0.601. The number of benzene rings is 2. The number of sulfonamides is 1. The summed E-state index contributed by atoms with van der Waals surface area (Å²) in [5.74, 6) is 0. The molecule has 0 aliphatic heterocycles. The summed E-state index contributed by atoms with van der Waals surface area (Å²) in [5.41, 5.74) is 6.31. The minimum absolute atomic E-state index is 0.260. The fourth-order valence-electron chi connectivity index (χ4n) is 3.10. The molecule has 2 aromatic heterocycles. The summed E-state index contributed by atoms with van der Waals surface area (Å²) in [6, 6.07) is 16.4. The molecule has 1 N–H and O–H groups in total. The molecule has 0 unspecified atom stereocenters. The van der Waals surface area contributed by atoms with Crippen molar-refractivity contribution in [1.82, 2.24) is 9.38 Å². The van der Waals surface area contributed by atoms with Crippen LogP contribution < -0.4 is 4.72 Å². The normalized spacial score (nSPS) is 11.7. The molecule has 0 atom stereocenters. The van der Waals surface area contributed by atoms with E-state index < -0.39 is 10.0 Å². The molecule has 0 saturated heterocycles. The standard InChI is InChI=1S/C22H21N3O2S/c1-15-6-11-20(13-17(15)3)28(26,27)24-19-9-7-18(8-10-19)21-14-25-12-4-5-16(2)22(25)23-21/h4-14,24H,1-3H3. The number of pyridine rings is 1. The molecule has 0 aliphatic rings. The number of hydrogen-bond acceptors (Lipinski definition) is 3. The number of aromatic nitrogens is 2. The van der Waals surface area contributed by atoms with Crippen molar-refractivity contribution in [3.05, 3.63) is 83.7 Å². The van der Waals surface area contributed by atoms with Gasteiger partial charge in [0.2, 0.25) is 0 Å². The number of rotatable bonds is 4. The van der Waals surface area contributed by atoms with Crippen molar-refractivity contribution in [2.24, 2.45) is 0 Å². The average molecular weight is 391 g/mol. The van der Waals surface area contributed by atoms with Gasteiger partial charge in [-0.05, 0) is 67.8 Å². The van der Waals surface area contributed by atoms with Crippen LogP contribution in [0.4, 0.5) is 5.69 Å². The van der Waals surface area contributed by atoms with Crippen molar-refractivity contribution in [1.29, 1.82) is 0 Å². The average Bonchev–Trinajstić information content (AvgIpc) is 3.10. The van der Waals surface area contributed by atoms with Crippen molar-refractivity contribution in [2.75, 3.05) is 4.72 Å². The fourth-order valence-corrected chi connectivity index (χ4v) is 4.24. The van der Waals surface area contributed by atoms with Crippen LogP contribution >= 0.6 is 0 Å². The Balaban J connectivity index is 1.60. The van der Waals surface area contributed by atoms with Crippen LogP contribution in [0.3, 0.4) is 0 Å². The lowest BCUT2D eigenvalue weighted by Crippen LogP contribution is -2.13. The van der Waals surface area contributed by atoms with E-state index in [9.17, 15) is 8.42 Å². The van der Waals surface area contributed by atoms with Crippen molar-refractivity contribution in [3.8, 4) is 11.3 Å². The molecule has 5 nitrogen and oxygen atoms in total. The van der Waals surface area contributed by atoms with E-state index in [-0.39, 0.29) is 4.90 Å². The highest BCUT2D eigenvalue weighted by Gasteiger charge is 2.15. The number of nitrogens with one attached hydrogen (secondary N) is 1. The van der Waals surface area contributed by atoms with Gasteiger partial charge in [0.1, 0.15) is 5.65 Å². The zero-order valence-electron chi connectivity index (χ0n) is 16.0. The number of imidazole rings is 1. The number of nitrogens with zero attached hydrogens (tertiary/aromatic N) is 2. The Morgan fingerprint density at radius 2 is 1.64 bits per heavy atom. The van der Waals surface area contributed by atoms with Crippen LogP contribution in [0.2, 0.25) is 0 Å². The smallest absolute Gasteiger partial charge is 0.261 e. The third-order valence-electron chi connectivity index (χ3n) is 4.90. The lowest BCUT2D eigenvalue weighted by atomic mass is 10.1. The Morgan fingerprint density at radius 3 is 2.32 bits per heavy atom. The van der Waals surface area contributed by atoms with Crippen LogP contribution in [0.15, 0.2) is 71.9 Å². The van der Waals surface area contributed by atoms with Crippen LogP contribution in [-0.4, -0.2) is 17.8 Å². The molecule has 4 rings (SSSR count). The van der Waals surface area contributed by atoms with Crippen molar-refractivity contribution in [2.45, 2.75) is 25.7 Å². The molecule has 0 amide bonds. The zero-order valence-corrected chi connectivity index (χ0v) is 16.8. The first-order valence-corrected chi connectivity index (χ1v) is 10.5. The second-order valence-electron chi connectivity index (χ2n) is 6.98. The predicted molar refractivity (Wildman–Crippen MR) is 112 cm³/mol. The SMILES string of the molecule is Cc1ccc(S(=O)(=O)Nc2ccc(-c3cn4cccc(C)c4n3)cc2)cc1C. The van der Waals surface area contributed by atoms with E-state index in [0.717, 1.165) is 33.6 Å². The Hall–Kier alpha value is -3.12. The second kappa shape index (κ2) is 6.80. The van der Waals surface area contributed by atoms with Gasteiger partial charge in [0, 0.05) is 23.6 Å². The molecule has 0 radical (unpaired) electrons. The quantitative estimate of drug-likeness (QED) is 0.547. The molecule has 0 bridgehead atoms. The maximum atomic E-state index is 12.6. The molecule has 0 aliphatic carbocycles. The summed E-state index contributed by atoms with van der Waals surface area (Å²) in [6.45, 7) is 5.88. The van der Waals surface area contributed by atoms with E-state index in [0.29, 0.717) is 5.69 Å². The molecule has 0 saturated carbocycles. The van der Waals surface area contributed by atoms with Crippen LogP contribution in [0.5, 0.6) is 0 Å². The third kappa shape index (κ3) is 3.39. The lowest BCUT2D eigenvalue weighted by Gasteiger charge is -2.10. The molecule has 28 heavy (non-hydrogen) atoms.